The minimum atomic E-state index is 1.35. The molecule has 38 heavy (non-hydrogen) atoms. The van der Waals surface area contributed by atoms with E-state index in [-0.39, 0.29) is 0 Å². The van der Waals surface area contributed by atoms with Crippen molar-refractivity contribution >= 4 is 64.6 Å². The summed E-state index contributed by atoms with van der Waals surface area (Å²) in [6.45, 7) is 4.00. The lowest BCUT2D eigenvalue weighted by atomic mass is 10.0. The minimum absolute atomic E-state index is 1.35. The molecule has 2 aliphatic rings. The number of rotatable bonds is 0. The molecule has 0 saturated carbocycles. The van der Waals surface area contributed by atoms with Gasteiger partial charge in [0.1, 0.15) is 0 Å². The molecule has 8 aromatic carbocycles. The van der Waals surface area contributed by atoms with Crippen molar-refractivity contribution in [2.75, 3.05) is 0 Å². The molecule has 10 rings (SSSR count). The molecule has 0 nitrogen and oxygen atoms in total. The first-order chi connectivity index (χ1) is 18.9. The molecule has 0 bridgehead atoms. The van der Waals surface area contributed by atoms with Crippen LogP contribution >= 0.6 is 0 Å². The van der Waals surface area contributed by atoms with Crippen molar-refractivity contribution in [2.24, 2.45) is 0 Å². The normalized spacial score (nSPS) is 11.9. The average Bonchev–Trinajstić information content (AvgIpc) is 3.52. The second-order valence-corrected chi connectivity index (χ2v) is 10.1. The molecular formula is C38H26. The van der Waals surface area contributed by atoms with Gasteiger partial charge in [-0.05, 0) is 86.9 Å². The third-order valence-corrected chi connectivity index (χ3v) is 8.31. The fraction of sp³-hybridized carbons (Fsp3) is 0.0526. The van der Waals surface area contributed by atoms with Crippen LogP contribution in [0.25, 0.3) is 86.9 Å². The molecule has 178 valence electrons. The van der Waals surface area contributed by atoms with E-state index in [4.69, 9.17) is 0 Å². The van der Waals surface area contributed by atoms with Crippen LogP contribution in [0.4, 0.5) is 0 Å². The van der Waals surface area contributed by atoms with Gasteiger partial charge in [0, 0.05) is 0 Å². The summed E-state index contributed by atoms with van der Waals surface area (Å²) in [6, 6.07) is 44.4. The third-order valence-electron chi connectivity index (χ3n) is 8.31. The minimum Gasteiger partial charge on any atom is -0.0683 e. The standard InChI is InChI=1S/2C18H10.C2H6/c2*1-3-11-7-9-13-10-8-12-4-2-6-15-14(5-1)16(11)18(13)17(12)15;1-2/h2*1-10H;1-2H3. The summed E-state index contributed by atoms with van der Waals surface area (Å²) in [4.78, 5) is 0. The van der Waals surface area contributed by atoms with E-state index >= 15 is 0 Å². The van der Waals surface area contributed by atoms with Gasteiger partial charge in [-0.25, -0.2) is 0 Å². The largest absolute Gasteiger partial charge is 0.0683 e. The van der Waals surface area contributed by atoms with Gasteiger partial charge in [0.05, 0.1) is 0 Å². The quantitative estimate of drug-likeness (QED) is 0.189. The van der Waals surface area contributed by atoms with Crippen LogP contribution in [0.1, 0.15) is 13.8 Å². The van der Waals surface area contributed by atoms with E-state index in [1.807, 2.05) is 13.8 Å². The van der Waals surface area contributed by atoms with Crippen molar-refractivity contribution in [3.05, 3.63) is 121 Å². The SMILES string of the molecule is CC.c1cc2c3c(c1)ccc1ccc4cccc-2c4c13.c1cc2c3c(c1)ccc1ccc4cccc-2c4c13. The Morgan fingerprint density at radius 1 is 0.237 bits per heavy atom. The number of fused-ring (bicyclic) bond motifs is 2. The van der Waals surface area contributed by atoms with Crippen molar-refractivity contribution in [3.8, 4) is 22.3 Å². The Morgan fingerprint density at radius 2 is 0.447 bits per heavy atom. The molecule has 0 fully saturated rings. The van der Waals surface area contributed by atoms with Gasteiger partial charge < -0.3 is 0 Å². The number of benzene rings is 8. The number of hydrogen-bond donors (Lipinski definition) is 0. The molecular weight excluding hydrogens is 456 g/mol. The Hall–Kier alpha value is -4.68. The molecule has 0 saturated heterocycles. The van der Waals surface area contributed by atoms with Crippen molar-refractivity contribution < 1.29 is 0 Å². The lowest BCUT2D eigenvalue weighted by Crippen LogP contribution is -1.75. The highest BCUT2D eigenvalue weighted by atomic mass is 14.2. The second-order valence-electron chi connectivity index (χ2n) is 10.1. The predicted octanol–water partition coefficient (Wildman–Crippen LogP) is 11.3. The Balaban J connectivity index is 0.000000111. The molecule has 0 radical (unpaired) electrons. The molecule has 0 amide bonds. The zero-order chi connectivity index (χ0) is 25.4. The van der Waals surface area contributed by atoms with Gasteiger partial charge in [-0.2, -0.15) is 0 Å². The first-order valence-electron chi connectivity index (χ1n) is 13.6. The van der Waals surface area contributed by atoms with E-state index < -0.39 is 0 Å². The van der Waals surface area contributed by atoms with Crippen LogP contribution in [-0.4, -0.2) is 0 Å². The Labute approximate surface area is 221 Å². The van der Waals surface area contributed by atoms with Crippen LogP contribution in [0.5, 0.6) is 0 Å². The van der Waals surface area contributed by atoms with Crippen molar-refractivity contribution in [1.82, 2.24) is 0 Å². The fourth-order valence-corrected chi connectivity index (χ4v) is 6.84. The molecule has 0 N–H and O–H groups in total. The molecule has 8 aromatic rings. The molecule has 2 aliphatic carbocycles. The predicted molar refractivity (Wildman–Crippen MR) is 167 cm³/mol. The smallest absolute Gasteiger partial charge is 0.00143 e. The van der Waals surface area contributed by atoms with Gasteiger partial charge in [-0.3, -0.25) is 0 Å². The molecule has 0 atom stereocenters. The van der Waals surface area contributed by atoms with Crippen LogP contribution in [0.15, 0.2) is 121 Å². The third kappa shape index (κ3) is 2.70. The highest BCUT2D eigenvalue weighted by molar-refractivity contribution is 6.33. The maximum absolute atomic E-state index is 2.25. The summed E-state index contributed by atoms with van der Waals surface area (Å²) in [6.07, 6.45) is 0. The summed E-state index contributed by atoms with van der Waals surface area (Å²) in [5, 5.41) is 16.7. The molecule has 0 heterocycles. The van der Waals surface area contributed by atoms with E-state index in [9.17, 15) is 0 Å². The van der Waals surface area contributed by atoms with E-state index in [0.29, 0.717) is 0 Å². The second kappa shape index (κ2) is 7.91. The zero-order valence-electron chi connectivity index (χ0n) is 21.5. The highest BCUT2D eigenvalue weighted by Gasteiger charge is 2.20. The summed E-state index contributed by atoms with van der Waals surface area (Å²) in [5.41, 5.74) is 5.57. The lowest BCUT2D eigenvalue weighted by molar-refractivity contribution is 1.50. The van der Waals surface area contributed by atoms with Gasteiger partial charge in [-0.15, -0.1) is 0 Å². The van der Waals surface area contributed by atoms with Gasteiger partial charge in [0.2, 0.25) is 0 Å². The summed E-state index contributed by atoms with van der Waals surface area (Å²) in [7, 11) is 0. The van der Waals surface area contributed by atoms with Gasteiger partial charge in [-0.1, -0.05) is 135 Å². The summed E-state index contributed by atoms with van der Waals surface area (Å²) in [5.74, 6) is 0. The lowest BCUT2D eigenvalue weighted by Gasteiger charge is -2.02. The highest BCUT2D eigenvalue weighted by Crippen LogP contribution is 2.48. The summed E-state index contributed by atoms with van der Waals surface area (Å²) >= 11 is 0. The molecule has 0 heteroatoms. The first kappa shape index (κ1) is 21.4. The Kier molecular flexibility index (Phi) is 4.46. The van der Waals surface area contributed by atoms with Gasteiger partial charge in [0.15, 0.2) is 0 Å². The van der Waals surface area contributed by atoms with Gasteiger partial charge >= 0.3 is 0 Å². The van der Waals surface area contributed by atoms with E-state index in [2.05, 4.69) is 121 Å². The maximum atomic E-state index is 2.25. The Morgan fingerprint density at radius 3 is 0.684 bits per heavy atom. The molecule has 0 unspecified atom stereocenters. The number of hydrogen-bond acceptors (Lipinski definition) is 0. The average molecular weight is 483 g/mol. The van der Waals surface area contributed by atoms with Gasteiger partial charge in [0.25, 0.3) is 0 Å². The van der Waals surface area contributed by atoms with Crippen LogP contribution in [-0.2, 0) is 0 Å². The van der Waals surface area contributed by atoms with Crippen LogP contribution < -0.4 is 0 Å². The van der Waals surface area contributed by atoms with Crippen LogP contribution in [0.3, 0.4) is 0 Å². The van der Waals surface area contributed by atoms with Crippen LogP contribution in [0.2, 0.25) is 0 Å². The van der Waals surface area contributed by atoms with E-state index in [0.717, 1.165) is 0 Å². The Bertz CT molecular complexity index is 1930. The maximum Gasteiger partial charge on any atom is -0.00143 e. The zero-order valence-corrected chi connectivity index (χ0v) is 21.5. The van der Waals surface area contributed by atoms with Crippen molar-refractivity contribution in [1.29, 1.82) is 0 Å². The molecule has 0 aromatic heterocycles. The summed E-state index contributed by atoms with van der Waals surface area (Å²) < 4.78 is 0. The topological polar surface area (TPSA) is 0 Å². The molecule has 0 spiro atoms. The van der Waals surface area contributed by atoms with Crippen LogP contribution in [0, 0.1) is 0 Å². The first-order valence-corrected chi connectivity index (χ1v) is 13.6. The van der Waals surface area contributed by atoms with Crippen molar-refractivity contribution in [3.63, 3.8) is 0 Å². The van der Waals surface area contributed by atoms with Crippen molar-refractivity contribution in [2.45, 2.75) is 13.8 Å². The van der Waals surface area contributed by atoms with E-state index in [1.165, 1.54) is 86.9 Å². The van der Waals surface area contributed by atoms with E-state index in [1.54, 1.807) is 0 Å². The molecule has 0 aliphatic heterocycles. The fourth-order valence-electron chi connectivity index (χ4n) is 6.84. The monoisotopic (exact) mass is 482 g/mol.